The van der Waals surface area contributed by atoms with Crippen molar-refractivity contribution < 1.29 is 44.1 Å². The molecule has 2 amide bonds. The molecule has 0 radical (unpaired) electrons. The molecular weight excluding hydrogens is 844 g/mol. The van der Waals surface area contributed by atoms with Crippen LogP contribution in [-0.2, 0) is 30.4 Å². The van der Waals surface area contributed by atoms with Crippen molar-refractivity contribution in [1.29, 1.82) is 0 Å². The van der Waals surface area contributed by atoms with E-state index in [9.17, 15) is 33.9 Å². The van der Waals surface area contributed by atoms with E-state index in [1.165, 1.54) is 12.5 Å². The minimum atomic E-state index is -1.20. The summed E-state index contributed by atoms with van der Waals surface area (Å²) >= 11 is 6.73. The average molecular weight is 916 g/mol. The van der Waals surface area contributed by atoms with Gasteiger partial charge in [-0.25, -0.2) is 0 Å². The van der Waals surface area contributed by atoms with Crippen molar-refractivity contribution in [3.05, 3.63) is 94.0 Å². The molecule has 0 aromatic heterocycles. The molecule has 0 spiro atoms. The van der Waals surface area contributed by atoms with Crippen LogP contribution in [0.1, 0.15) is 141 Å². The van der Waals surface area contributed by atoms with Crippen LogP contribution in [0.5, 0.6) is 0 Å². The summed E-state index contributed by atoms with van der Waals surface area (Å²) in [4.78, 5) is 73.0. The van der Waals surface area contributed by atoms with Crippen LogP contribution in [0.15, 0.2) is 77.4 Å². The Hall–Kier alpha value is -4.61. The third kappa shape index (κ3) is 11.0. The fourth-order valence-electron chi connectivity index (χ4n) is 11.6. The minimum Gasteiger partial charge on any atom is -0.481 e. The predicted molar refractivity (Wildman–Crippen MR) is 252 cm³/mol. The molecule has 0 bridgehead atoms. The van der Waals surface area contributed by atoms with Crippen molar-refractivity contribution in [3.63, 3.8) is 0 Å². The maximum atomic E-state index is 12.7. The summed E-state index contributed by atoms with van der Waals surface area (Å²) in [5, 5.41) is 32.4. The van der Waals surface area contributed by atoms with E-state index in [2.05, 4.69) is 39.1 Å². The van der Waals surface area contributed by atoms with Crippen LogP contribution in [0.2, 0.25) is 0 Å². The Balaban J connectivity index is 0.000000190. The van der Waals surface area contributed by atoms with Crippen LogP contribution in [0.25, 0.3) is 0 Å². The third-order valence-corrected chi connectivity index (χ3v) is 15.6. The standard InChI is InChI=1S/C22H27ClO3.C18H26N2O4.C13H18O2/c1-11(24)22(26)7-5-14-12-9-18(23)17-10-19(25)13-8-16(13)21(17,3)15(12)4-6-20(14,22)2;1-3-12-20(13-4-2)18(24)15(10-11-16(21)22)19-17(23)14-8-6-5-7-9-14;1-9(2)8-11-4-6-12(7-5-11)10(3)13(14)15/h9-10,12-16,26H,4-8H2,1-3H3;5-9,15H,3-4,10-13H2,1-2H3,(H,19,23)(H,21,22);4-7,9-10H,8H2,1-3H3,(H,14,15)/t12-,13+,14-,15-,16-,20-,21-,22-;;/m0../s1. The molecule has 2 aromatic carbocycles. The lowest BCUT2D eigenvalue weighted by Gasteiger charge is -2.57. The van der Waals surface area contributed by atoms with Crippen LogP contribution >= 0.6 is 11.6 Å². The monoisotopic (exact) mass is 914 g/mol. The lowest BCUT2D eigenvalue weighted by Crippen LogP contribution is -2.56. The van der Waals surface area contributed by atoms with Gasteiger partial charge in [-0.3, -0.25) is 28.8 Å². The lowest BCUT2D eigenvalue weighted by molar-refractivity contribution is -0.157. The Morgan fingerprint density at radius 2 is 1.49 bits per heavy atom. The molecule has 354 valence electrons. The van der Waals surface area contributed by atoms with E-state index in [1.807, 2.05) is 44.2 Å². The Morgan fingerprint density at radius 3 is 2.05 bits per heavy atom. The van der Waals surface area contributed by atoms with Gasteiger partial charge in [-0.2, -0.15) is 0 Å². The molecule has 3 saturated carbocycles. The van der Waals surface area contributed by atoms with Crippen molar-refractivity contribution in [3.8, 4) is 0 Å². The highest BCUT2D eigenvalue weighted by atomic mass is 35.5. The van der Waals surface area contributed by atoms with Crippen LogP contribution in [0, 0.1) is 46.3 Å². The summed E-state index contributed by atoms with van der Waals surface area (Å²) in [6, 6.07) is 15.6. The van der Waals surface area contributed by atoms with Crippen molar-refractivity contribution in [2.45, 2.75) is 137 Å². The first-order valence-electron chi connectivity index (χ1n) is 23.7. The van der Waals surface area contributed by atoms with Gasteiger partial charge in [-0.05, 0) is 136 Å². The Morgan fingerprint density at radius 1 is 0.877 bits per heavy atom. The Bertz CT molecular complexity index is 2130. The van der Waals surface area contributed by atoms with Gasteiger partial charge in [0.2, 0.25) is 5.91 Å². The smallest absolute Gasteiger partial charge is 0.310 e. The number of hydrogen-bond acceptors (Lipinski definition) is 7. The number of aliphatic hydroxyl groups is 1. The molecule has 65 heavy (non-hydrogen) atoms. The van der Waals surface area contributed by atoms with E-state index in [4.69, 9.17) is 21.8 Å². The summed E-state index contributed by atoms with van der Waals surface area (Å²) in [7, 11) is 0. The molecule has 4 N–H and O–H groups in total. The molecule has 11 nitrogen and oxygen atoms in total. The van der Waals surface area contributed by atoms with Gasteiger partial charge < -0.3 is 25.5 Å². The number of nitrogens with zero attached hydrogens (tertiary/aromatic N) is 1. The van der Waals surface area contributed by atoms with Gasteiger partial charge in [-0.15, -0.1) is 0 Å². The lowest BCUT2D eigenvalue weighted by atomic mass is 9.47. The van der Waals surface area contributed by atoms with E-state index in [-0.39, 0.29) is 64.8 Å². The van der Waals surface area contributed by atoms with E-state index < -0.39 is 29.5 Å². The van der Waals surface area contributed by atoms with Gasteiger partial charge in [-0.1, -0.05) is 102 Å². The zero-order valence-electron chi connectivity index (χ0n) is 39.6. The Labute approximate surface area is 390 Å². The first-order valence-corrected chi connectivity index (χ1v) is 24.1. The maximum Gasteiger partial charge on any atom is 0.310 e. The largest absolute Gasteiger partial charge is 0.481 e. The van der Waals surface area contributed by atoms with E-state index in [0.29, 0.717) is 42.8 Å². The minimum absolute atomic E-state index is 0.0344. The highest BCUT2D eigenvalue weighted by Crippen LogP contribution is 2.72. The molecule has 5 aliphatic rings. The average Bonchev–Trinajstić information content (AvgIpc) is 4.04. The molecule has 5 aliphatic carbocycles. The summed E-state index contributed by atoms with van der Waals surface area (Å²) in [5.74, 6) is -0.354. The number of benzene rings is 2. The SMILES string of the molecule is CC(=O)[C@@]1(O)CC[C@H]2[C@@H]3C=C(Cl)C4=CC(=O)[C@@H]5C[C@@H]5[C@]4(C)[C@H]3CC[C@@]21C.CC(C)Cc1ccc(C(C)C(=O)O)cc1.CCCN(CCC)C(=O)C(CCC(=O)O)NC(=O)c1ccccc1. The zero-order valence-corrected chi connectivity index (χ0v) is 40.3. The second-order valence-corrected chi connectivity index (χ2v) is 20.4. The highest BCUT2D eigenvalue weighted by Gasteiger charge is 2.69. The maximum absolute atomic E-state index is 12.7. The molecule has 12 heteroatoms. The van der Waals surface area contributed by atoms with E-state index in [0.717, 1.165) is 61.1 Å². The number of carbonyl (C=O) groups excluding carboxylic acids is 4. The molecule has 7 rings (SSSR count). The number of carboxylic acids is 2. The number of carboxylic acid groups (broad SMARTS) is 2. The molecule has 2 aromatic rings. The number of rotatable bonds is 15. The number of halogens is 1. The van der Waals surface area contributed by atoms with Crippen molar-refractivity contribution >= 4 is 46.9 Å². The molecule has 2 unspecified atom stereocenters. The van der Waals surface area contributed by atoms with E-state index >= 15 is 0 Å². The summed E-state index contributed by atoms with van der Waals surface area (Å²) in [5.41, 5.74) is 2.02. The second-order valence-electron chi connectivity index (χ2n) is 20.0. The van der Waals surface area contributed by atoms with Gasteiger partial charge in [0.15, 0.2) is 11.6 Å². The first-order chi connectivity index (χ1) is 30.6. The van der Waals surface area contributed by atoms with Crippen molar-refractivity contribution in [2.75, 3.05) is 13.1 Å². The molecule has 3 fully saturated rings. The number of hydrogen-bond donors (Lipinski definition) is 4. The topological polar surface area (TPSA) is 178 Å². The van der Waals surface area contributed by atoms with Gasteiger partial charge in [0.1, 0.15) is 11.6 Å². The molecule has 0 aliphatic heterocycles. The number of carbonyl (C=O) groups is 6. The number of nitrogens with one attached hydrogen (secondary N) is 1. The second kappa shape index (κ2) is 21.3. The molecule has 10 atom stereocenters. The van der Waals surface area contributed by atoms with Gasteiger partial charge in [0, 0.05) is 46.9 Å². The zero-order chi connectivity index (χ0) is 48.0. The highest BCUT2D eigenvalue weighted by molar-refractivity contribution is 6.32. The summed E-state index contributed by atoms with van der Waals surface area (Å²) in [6.07, 6.45) is 10.8. The first kappa shape index (κ1) is 51.4. The normalized spacial score (nSPS) is 29.0. The van der Waals surface area contributed by atoms with Crippen molar-refractivity contribution in [1.82, 2.24) is 10.2 Å². The van der Waals surface area contributed by atoms with Crippen LogP contribution < -0.4 is 5.32 Å². The summed E-state index contributed by atoms with van der Waals surface area (Å²) < 4.78 is 0. The number of amides is 2. The van der Waals surface area contributed by atoms with Crippen LogP contribution in [0.4, 0.5) is 0 Å². The number of allylic oxidation sites excluding steroid dienone is 4. The summed E-state index contributed by atoms with van der Waals surface area (Å²) in [6.45, 7) is 17.2. The number of aliphatic carboxylic acids is 2. The quantitative estimate of drug-likeness (QED) is 0.136. The van der Waals surface area contributed by atoms with Crippen molar-refractivity contribution in [2.24, 2.45) is 46.3 Å². The number of fused-ring (bicyclic) bond motifs is 7. The van der Waals surface area contributed by atoms with Gasteiger partial charge in [0.05, 0.1) is 5.92 Å². The van der Waals surface area contributed by atoms with Crippen LogP contribution in [-0.4, -0.2) is 80.3 Å². The number of ketones is 2. The third-order valence-electron chi connectivity index (χ3n) is 15.3. The number of Topliss-reactive ketones (excluding diaryl/α,β-unsaturated/α-hetero) is 1. The molecule has 0 saturated heterocycles. The fraction of sp³-hybridized carbons (Fsp3) is 0.585. The molecular formula is C53H71ClN2O9. The Kier molecular flexibility index (Phi) is 16.9. The fourth-order valence-corrected chi connectivity index (χ4v) is 12.0. The molecule has 0 heterocycles. The predicted octanol–water partition coefficient (Wildman–Crippen LogP) is 9.41. The van der Waals surface area contributed by atoms with E-state index in [1.54, 1.807) is 42.2 Å². The van der Waals surface area contributed by atoms with Gasteiger partial charge in [0.25, 0.3) is 5.91 Å². The van der Waals surface area contributed by atoms with Gasteiger partial charge >= 0.3 is 11.9 Å². The van der Waals surface area contributed by atoms with Crippen LogP contribution in [0.3, 0.4) is 0 Å².